The number of β-lactam (4-membered cyclic amide) rings is 1. The Morgan fingerprint density at radius 1 is 1.10 bits per heavy atom. The highest BCUT2D eigenvalue weighted by atomic mass is 32.2. The van der Waals surface area contributed by atoms with Gasteiger partial charge >= 0.3 is 11.9 Å². The number of fused-ring (bicyclic) bond motifs is 2. The number of methoxy groups -OCH3 is 1. The number of esters is 2. The summed E-state index contributed by atoms with van der Waals surface area (Å²) in [7, 11) is 1.19. The number of thioether (sulfide) groups is 1. The van der Waals surface area contributed by atoms with E-state index in [1.807, 2.05) is 6.92 Å². The molecule has 1 aromatic carbocycles. The van der Waals surface area contributed by atoms with Gasteiger partial charge in [-0.3, -0.25) is 29.0 Å². The highest BCUT2D eigenvalue weighted by Crippen LogP contribution is 2.44. The second kappa shape index (κ2) is 8.18. The van der Waals surface area contributed by atoms with E-state index >= 15 is 0 Å². The highest BCUT2D eigenvalue weighted by molar-refractivity contribution is 8.00. The molecule has 3 heterocycles. The van der Waals surface area contributed by atoms with Gasteiger partial charge in [-0.05, 0) is 18.6 Å². The van der Waals surface area contributed by atoms with Crippen LogP contribution in [0.3, 0.4) is 0 Å². The zero-order valence-electron chi connectivity index (χ0n) is 17.0. The van der Waals surface area contributed by atoms with Gasteiger partial charge in [-0.15, -0.1) is 11.8 Å². The van der Waals surface area contributed by atoms with Crippen LogP contribution in [0.2, 0.25) is 0 Å². The molecule has 0 radical (unpaired) electrons. The minimum atomic E-state index is -1.01. The van der Waals surface area contributed by atoms with Gasteiger partial charge in [0.2, 0.25) is 0 Å². The molecule has 3 amide bonds. The molecule has 10 heteroatoms. The van der Waals surface area contributed by atoms with Crippen molar-refractivity contribution in [2.24, 2.45) is 0 Å². The number of rotatable bonds is 6. The molecule has 9 nitrogen and oxygen atoms in total. The van der Waals surface area contributed by atoms with E-state index in [0.29, 0.717) is 12.0 Å². The molecule has 162 valence electrons. The fourth-order valence-electron chi connectivity index (χ4n) is 3.87. The van der Waals surface area contributed by atoms with Crippen molar-refractivity contribution >= 4 is 41.4 Å². The standard InChI is InChI=1S/C21H20N2O7S/c1-3-6-14(24)30-9-11-10-31-20-16(19(27)23(20)15(11)21(28)29-2)22-17(25)12-7-4-5-8-13(12)18(22)26/h4-5,7-8,16,20H,3,6,9-10H2,1-2H3/t16-,20-/m1/s1. The maximum Gasteiger partial charge on any atom is 0.354 e. The molecule has 1 fully saturated rings. The van der Waals surface area contributed by atoms with Gasteiger partial charge < -0.3 is 9.47 Å². The van der Waals surface area contributed by atoms with Crippen LogP contribution in [0.25, 0.3) is 0 Å². The molecule has 0 aliphatic carbocycles. The summed E-state index contributed by atoms with van der Waals surface area (Å²) in [4.78, 5) is 65.0. The largest absolute Gasteiger partial charge is 0.464 e. The lowest BCUT2D eigenvalue weighted by atomic mass is 10.0. The number of benzene rings is 1. The van der Waals surface area contributed by atoms with Crippen molar-refractivity contribution in [2.75, 3.05) is 19.5 Å². The fraction of sp³-hybridized carbons (Fsp3) is 0.381. The summed E-state index contributed by atoms with van der Waals surface area (Å²) in [6.07, 6.45) is 0.881. The van der Waals surface area contributed by atoms with Crippen LogP contribution >= 0.6 is 11.8 Å². The van der Waals surface area contributed by atoms with E-state index in [4.69, 9.17) is 9.47 Å². The Morgan fingerprint density at radius 2 is 1.74 bits per heavy atom. The molecular formula is C21H20N2O7S. The van der Waals surface area contributed by atoms with Crippen LogP contribution in [-0.2, 0) is 23.9 Å². The van der Waals surface area contributed by atoms with Crippen molar-refractivity contribution in [1.82, 2.24) is 9.80 Å². The van der Waals surface area contributed by atoms with Crippen molar-refractivity contribution in [3.63, 3.8) is 0 Å². The zero-order valence-corrected chi connectivity index (χ0v) is 17.8. The first kappa shape index (κ1) is 21.1. The molecule has 0 N–H and O–H groups in total. The van der Waals surface area contributed by atoms with Crippen LogP contribution in [-0.4, -0.2) is 70.3 Å². The minimum absolute atomic E-state index is 0.00778. The summed E-state index contributed by atoms with van der Waals surface area (Å²) in [6.45, 7) is 1.71. The minimum Gasteiger partial charge on any atom is -0.464 e. The summed E-state index contributed by atoms with van der Waals surface area (Å²) < 4.78 is 10.1. The lowest BCUT2D eigenvalue weighted by Crippen LogP contribution is -2.71. The fourth-order valence-corrected chi connectivity index (χ4v) is 5.24. The quantitative estimate of drug-likeness (QED) is 0.367. The molecule has 3 aliphatic heterocycles. The Balaban J connectivity index is 1.60. The predicted octanol–water partition coefficient (Wildman–Crippen LogP) is 1.34. The third-order valence-corrected chi connectivity index (χ3v) is 6.69. The van der Waals surface area contributed by atoms with Crippen molar-refractivity contribution < 1.29 is 33.4 Å². The zero-order chi connectivity index (χ0) is 22.3. The van der Waals surface area contributed by atoms with Crippen LogP contribution in [0.5, 0.6) is 0 Å². The molecule has 1 aromatic rings. The van der Waals surface area contributed by atoms with E-state index in [-0.39, 0.29) is 35.6 Å². The lowest BCUT2D eigenvalue weighted by Gasteiger charge is -2.51. The highest BCUT2D eigenvalue weighted by Gasteiger charge is 2.60. The second-order valence-corrected chi connectivity index (χ2v) is 8.34. The molecule has 2 atom stereocenters. The predicted molar refractivity (Wildman–Crippen MR) is 109 cm³/mol. The number of hydrogen-bond acceptors (Lipinski definition) is 8. The lowest BCUT2D eigenvalue weighted by molar-refractivity contribution is -0.153. The van der Waals surface area contributed by atoms with Crippen molar-refractivity contribution in [1.29, 1.82) is 0 Å². The summed E-state index contributed by atoms with van der Waals surface area (Å²) in [6, 6.07) is 5.39. The number of imide groups is 1. The third kappa shape index (κ3) is 3.31. The van der Waals surface area contributed by atoms with E-state index in [2.05, 4.69) is 0 Å². The van der Waals surface area contributed by atoms with Gasteiger partial charge in [-0.25, -0.2) is 4.79 Å². The van der Waals surface area contributed by atoms with Gasteiger partial charge in [0.1, 0.15) is 23.7 Å². The van der Waals surface area contributed by atoms with Crippen LogP contribution in [0.1, 0.15) is 40.5 Å². The van der Waals surface area contributed by atoms with Gasteiger partial charge in [0.05, 0.1) is 18.2 Å². The van der Waals surface area contributed by atoms with E-state index < -0.39 is 41.1 Å². The molecule has 4 rings (SSSR count). The molecule has 0 saturated carbocycles. The first-order valence-electron chi connectivity index (χ1n) is 9.78. The van der Waals surface area contributed by atoms with Gasteiger partial charge in [-0.2, -0.15) is 0 Å². The van der Waals surface area contributed by atoms with Crippen LogP contribution in [0.15, 0.2) is 35.5 Å². The van der Waals surface area contributed by atoms with Crippen molar-refractivity contribution in [2.45, 2.75) is 31.2 Å². The average molecular weight is 444 g/mol. The van der Waals surface area contributed by atoms with Crippen LogP contribution in [0, 0.1) is 0 Å². The molecule has 0 spiro atoms. The normalized spacial score (nSPS) is 22.2. The number of hydrogen-bond donors (Lipinski definition) is 0. The monoisotopic (exact) mass is 444 g/mol. The topological polar surface area (TPSA) is 110 Å². The molecule has 0 bridgehead atoms. The van der Waals surface area contributed by atoms with E-state index in [1.54, 1.807) is 24.3 Å². The number of carbonyl (C=O) groups is 5. The average Bonchev–Trinajstić information content (AvgIpc) is 3.02. The summed E-state index contributed by atoms with van der Waals surface area (Å²) >= 11 is 1.30. The van der Waals surface area contributed by atoms with Gasteiger partial charge in [-0.1, -0.05) is 19.1 Å². The van der Waals surface area contributed by atoms with E-state index in [0.717, 1.165) is 4.90 Å². The Hall–Kier alpha value is -3.14. The molecule has 3 aliphatic rings. The SMILES string of the molecule is CCCC(=O)OCC1=C(C(=O)OC)N2C(=O)[C@@H](N3C(=O)c4ccccc4C3=O)[C@H]2SC1. The number of nitrogens with zero attached hydrogens (tertiary/aromatic N) is 2. The van der Waals surface area contributed by atoms with Gasteiger partial charge in [0.25, 0.3) is 17.7 Å². The smallest absolute Gasteiger partial charge is 0.354 e. The van der Waals surface area contributed by atoms with Gasteiger partial charge in [0.15, 0.2) is 0 Å². The Bertz CT molecular complexity index is 999. The van der Waals surface area contributed by atoms with Crippen molar-refractivity contribution in [3.05, 3.63) is 46.7 Å². The summed E-state index contributed by atoms with van der Waals surface area (Å²) in [5, 5.41) is -0.612. The first-order valence-corrected chi connectivity index (χ1v) is 10.8. The first-order chi connectivity index (χ1) is 14.9. The second-order valence-electron chi connectivity index (χ2n) is 7.23. The number of amides is 3. The van der Waals surface area contributed by atoms with Gasteiger partial charge in [0, 0.05) is 17.7 Å². The maximum atomic E-state index is 13.1. The van der Waals surface area contributed by atoms with Crippen molar-refractivity contribution in [3.8, 4) is 0 Å². The van der Waals surface area contributed by atoms with E-state index in [9.17, 15) is 24.0 Å². The molecule has 1 saturated heterocycles. The molecule has 0 unspecified atom stereocenters. The molecule has 31 heavy (non-hydrogen) atoms. The molecule has 0 aromatic heterocycles. The summed E-state index contributed by atoms with van der Waals surface area (Å²) in [5.74, 6) is -2.45. The summed E-state index contributed by atoms with van der Waals surface area (Å²) in [5.41, 5.74) is 0.971. The maximum absolute atomic E-state index is 13.1. The Morgan fingerprint density at radius 3 is 2.32 bits per heavy atom. The number of ether oxygens (including phenoxy) is 2. The number of carbonyl (C=O) groups excluding carboxylic acids is 5. The van der Waals surface area contributed by atoms with E-state index in [1.165, 1.54) is 23.8 Å². The molecular weight excluding hydrogens is 424 g/mol. The Kier molecular flexibility index (Phi) is 5.57. The third-order valence-electron chi connectivity index (χ3n) is 5.36. The Labute approximate surface area is 182 Å². The van der Waals surface area contributed by atoms with Crippen LogP contribution in [0.4, 0.5) is 0 Å². The van der Waals surface area contributed by atoms with Crippen LogP contribution < -0.4 is 0 Å².